The van der Waals surface area contributed by atoms with E-state index in [2.05, 4.69) is 5.32 Å². The van der Waals surface area contributed by atoms with Crippen molar-refractivity contribution in [1.29, 1.82) is 0 Å². The number of ether oxygens (including phenoxy) is 1. The third kappa shape index (κ3) is 6.63. The van der Waals surface area contributed by atoms with Crippen LogP contribution in [0.3, 0.4) is 0 Å². The molecule has 1 aliphatic heterocycles. The zero-order chi connectivity index (χ0) is 28.8. The van der Waals surface area contributed by atoms with E-state index in [9.17, 15) is 19.2 Å². The molecule has 0 unspecified atom stereocenters. The van der Waals surface area contributed by atoms with Gasteiger partial charge in [-0.25, -0.2) is 4.79 Å². The number of amides is 2. The molecule has 8 heteroatoms. The standard InChI is InChI=1S/C32H34N2O6/c1-31(2,3)39-30(38)26(19-22-29(37)40-34-27(35)20-21-28(34)36)33-32(23-13-7-4-8-14-23,24-15-9-5-10-16-24)25-17-11-6-12-18-25/h4-18,26,33H,19-22H2,1-3H3/t26-/m0/s1. The first-order valence-corrected chi connectivity index (χ1v) is 13.3. The van der Waals surface area contributed by atoms with E-state index in [-0.39, 0.29) is 25.7 Å². The molecule has 1 atom stereocenters. The van der Waals surface area contributed by atoms with Crippen LogP contribution in [0.25, 0.3) is 0 Å². The Kier molecular flexibility index (Phi) is 8.80. The number of nitrogens with zero attached hydrogens (tertiary/aromatic N) is 1. The average molecular weight is 543 g/mol. The van der Waals surface area contributed by atoms with Gasteiger partial charge < -0.3 is 9.57 Å². The minimum atomic E-state index is -0.990. The number of benzene rings is 3. The summed E-state index contributed by atoms with van der Waals surface area (Å²) in [5.74, 6) is -2.45. The summed E-state index contributed by atoms with van der Waals surface area (Å²) in [6.07, 6.45) is -0.232. The van der Waals surface area contributed by atoms with Crippen molar-refractivity contribution in [1.82, 2.24) is 10.4 Å². The number of hydrogen-bond donors (Lipinski definition) is 1. The number of imide groups is 1. The molecule has 3 aromatic rings. The Morgan fingerprint density at radius 1 is 0.775 bits per heavy atom. The number of nitrogens with one attached hydrogen (secondary N) is 1. The van der Waals surface area contributed by atoms with Gasteiger partial charge in [-0.1, -0.05) is 91.0 Å². The quantitative estimate of drug-likeness (QED) is 0.226. The maximum atomic E-state index is 13.6. The second kappa shape index (κ2) is 12.3. The van der Waals surface area contributed by atoms with Crippen LogP contribution < -0.4 is 5.32 Å². The molecule has 0 spiro atoms. The smallest absolute Gasteiger partial charge is 0.333 e. The minimum Gasteiger partial charge on any atom is -0.459 e. The Bertz CT molecular complexity index is 1220. The van der Waals surface area contributed by atoms with Gasteiger partial charge in [0.2, 0.25) is 0 Å². The van der Waals surface area contributed by atoms with Gasteiger partial charge in [-0.05, 0) is 43.9 Å². The summed E-state index contributed by atoms with van der Waals surface area (Å²) in [5.41, 5.74) is 0.891. The van der Waals surface area contributed by atoms with E-state index in [0.717, 1.165) is 16.7 Å². The Morgan fingerprint density at radius 3 is 1.60 bits per heavy atom. The van der Waals surface area contributed by atoms with Crippen molar-refractivity contribution in [3.8, 4) is 0 Å². The highest BCUT2D eigenvalue weighted by molar-refractivity contribution is 6.01. The molecule has 0 saturated carbocycles. The molecule has 1 N–H and O–H groups in total. The van der Waals surface area contributed by atoms with E-state index in [1.54, 1.807) is 20.8 Å². The molecule has 8 nitrogen and oxygen atoms in total. The third-order valence-corrected chi connectivity index (χ3v) is 6.54. The molecule has 0 radical (unpaired) electrons. The topological polar surface area (TPSA) is 102 Å². The van der Waals surface area contributed by atoms with Crippen molar-refractivity contribution in [2.45, 2.75) is 63.6 Å². The molecule has 3 aromatic carbocycles. The molecule has 1 fully saturated rings. The summed E-state index contributed by atoms with van der Waals surface area (Å²) in [7, 11) is 0. The van der Waals surface area contributed by atoms with Crippen molar-refractivity contribution in [2.24, 2.45) is 0 Å². The van der Waals surface area contributed by atoms with Crippen LogP contribution in [0.5, 0.6) is 0 Å². The van der Waals surface area contributed by atoms with Gasteiger partial charge >= 0.3 is 11.9 Å². The van der Waals surface area contributed by atoms with Gasteiger partial charge in [-0.2, -0.15) is 0 Å². The molecular formula is C32H34N2O6. The number of esters is 1. The first-order chi connectivity index (χ1) is 19.1. The fourth-order valence-corrected chi connectivity index (χ4v) is 4.77. The maximum absolute atomic E-state index is 13.6. The lowest BCUT2D eigenvalue weighted by Crippen LogP contribution is -2.54. The molecule has 1 aliphatic rings. The van der Waals surface area contributed by atoms with Crippen LogP contribution in [0.15, 0.2) is 91.0 Å². The van der Waals surface area contributed by atoms with E-state index >= 15 is 0 Å². The van der Waals surface area contributed by atoms with Gasteiger partial charge in [-0.3, -0.25) is 19.7 Å². The van der Waals surface area contributed by atoms with E-state index in [4.69, 9.17) is 9.57 Å². The molecule has 4 rings (SSSR count). The van der Waals surface area contributed by atoms with E-state index in [1.807, 2.05) is 91.0 Å². The summed E-state index contributed by atoms with van der Waals surface area (Å²) in [4.78, 5) is 55.3. The van der Waals surface area contributed by atoms with Crippen molar-refractivity contribution in [3.05, 3.63) is 108 Å². The lowest BCUT2D eigenvalue weighted by molar-refractivity contribution is -0.197. The Labute approximate surface area is 234 Å². The lowest BCUT2D eigenvalue weighted by Gasteiger charge is -2.40. The summed E-state index contributed by atoms with van der Waals surface area (Å²) < 4.78 is 5.78. The van der Waals surface area contributed by atoms with Crippen molar-refractivity contribution >= 4 is 23.8 Å². The predicted molar refractivity (Wildman–Crippen MR) is 148 cm³/mol. The van der Waals surface area contributed by atoms with Gasteiger partial charge in [0.25, 0.3) is 11.8 Å². The molecule has 0 aliphatic carbocycles. The second-order valence-corrected chi connectivity index (χ2v) is 10.7. The number of rotatable bonds is 10. The number of carbonyl (C=O) groups excluding carboxylic acids is 4. The van der Waals surface area contributed by atoms with Crippen molar-refractivity contribution < 1.29 is 28.8 Å². The minimum absolute atomic E-state index is 0.00177. The number of carbonyl (C=O) groups is 4. The van der Waals surface area contributed by atoms with Crippen LogP contribution >= 0.6 is 0 Å². The Morgan fingerprint density at radius 2 is 1.20 bits per heavy atom. The monoisotopic (exact) mass is 542 g/mol. The van der Waals surface area contributed by atoms with E-state index in [0.29, 0.717) is 5.06 Å². The van der Waals surface area contributed by atoms with Crippen LogP contribution in [0.4, 0.5) is 0 Å². The summed E-state index contributed by atoms with van der Waals surface area (Å²) >= 11 is 0. The molecule has 40 heavy (non-hydrogen) atoms. The Hall–Kier alpha value is -4.30. The predicted octanol–water partition coefficient (Wildman–Crippen LogP) is 4.67. The van der Waals surface area contributed by atoms with Gasteiger partial charge in [0.1, 0.15) is 11.6 Å². The summed E-state index contributed by atoms with van der Waals surface area (Å²) in [6.45, 7) is 5.33. The average Bonchev–Trinajstić information content (AvgIpc) is 3.26. The second-order valence-electron chi connectivity index (χ2n) is 10.7. The molecular weight excluding hydrogens is 508 g/mol. The van der Waals surface area contributed by atoms with Gasteiger partial charge in [0, 0.05) is 12.8 Å². The van der Waals surface area contributed by atoms with Crippen molar-refractivity contribution in [3.63, 3.8) is 0 Å². The summed E-state index contributed by atoms with van der Waals surface area (Å²) in [6, 6.07) is 28.3. The van der Waals surface area contributed by atoms with Crippen LogP contribution in [-0.4, -0.2) is 40.5 Å². The summed E-state index contributed by atoms with van der Waals surface area (Å²) in [5, 5.41) is 4.09. The van der Waals surface area contributed by atoms with Crippen LogP contribution in [0.2, 0.25) is 0 Å². The Balaban J connectivity index is 1.74. The van der Waals surface area contributed by atoms with E-state index in [1.165, 1.54) is 0 Å². The highest BCUT2D eigenvalue weighted by Crippen LogP contribution is 2.38. The molecule has 208 valence electrons. The SMILES string of the molecule is CC(C)(C)OC(=O)[C@H](CCC(=O)ON1C(=O)CCC1=O)NC(c1ccccc1)(c1ccccc1)c1ccccc1. The third-order valence-electron chi connectivity index (χ3n) is 6.54. The fraction of sp³-hybridized carbons (Fsp3) is 0.312. The highest BCUT2D eigenvalue weighted by atomic mass is 16.7. The highest BCUT2D eigenvalue weighted by Gasteiger charge is 2.41. The first-order valence-electron chi connectivity index (χ1n) is 13.3. The first kappa shape index (κ1) is 28.7. The zero-order valence-electron chi connectivity index (χ0n) is 23.0. The largest absolute Gasteiger partial charge is 0.459 e. The lowest BCUT2D eigenvalue weighted by atomic mass is 9.76. The van der Waals surface area contributed by atoms with Gasteiger partial charge in [0.15, 0.2) is 0 Å². The normalized spacial score (nSPS) is 14.6. The molecule has 0 bridgehead atoms. The molecule has 1 heterocycles. The van der Waals surface area contributed by atoms with Gasteiger partial charge in [0.05, 0.1) is 12.0 Å². The van der Waals surface area contributed by atoms with Crippen LogP contribution in [0.1, 0.15) is 63.1 Å². The molecule has 0 aromatic heterocycles. The van der Waals surface area contributed by atoms with Crippen LogP contribution in [-0.2, 0) is 34.3 Å². The van der Waals surface area contributed by atoms with E-state index < -0.39 is 40.9 Å². The maximum Gasteiger partial charge on any atom is 0.333 e. The number of hydroxylamine groups is 2. The number of hydrogen-bond acceptors (Lipinski definition) is 7. The van der Waals surface area contributed by atoms with Crippen LogP contribution in [0, 0.1) is 0 Å². The van der Waals surface area contributed by atoms with Crippen molar-refractivity contribution in [2.75, 3.05) is 0 Å². The zero-order valence-corrected chi connectivity index (χ0v) is 23.0. The molecule has 2 amide bonds. The molecule has 1 saturated heterocycles. The van der Waals surface area contributed by atoms with Gasteiger partial charge in [-0.15, -0.1) is 5.06 Å². The fourth-order valence-electron chi connectivity index (χ4n) is 4.77.